The Morgan fingerprint density at radius 1 is 0.938 bits per heavy atom. The van der Waals surface area contributed by atoms with Gasteiger partial charge in [0.25, 0.3) is 11.5 Å². The molecule has 32 heavy (non-hydrogen) atoms. The van der Waals surface area contributed by atoms with Crippen molar-refractivity contribution in [1.29, 1.82) is 0 Å². The van der Waals surface area contributed by atoms with Crippen LogP contribution >= 0.6 is 23.2 Å². The molecule has 0 aliphatic heterocycles. The Balaban J connectivity index is 1.99. The molecule has 4 rings (SSSR count). The van der Waals surface area contributed by atoms with E-state index in [1.165, 1.54) is 4.68 Å². The molecule has 1 amide bonds. The Kier molecular flexibility index (Phi) is 6.40. The van der Waals surface area contributed by atoms with Crippen LogP contribution in [0.5, 0.6) is 0 Å². The number of hydrogen-bond acceptors (Lipinski definition) is 3. The number of aromatic nitrogens is 2. The van der Waals surface area contributed by atoms with E-state index in [0.29, 0.717) is 39.1 Å². The molecule has 1 heterocycles. The predicted octanol–water partition coefficient (Wildman–Crippen LogP) is 6.16. The van der Waals surface area contributed by atoms with Gasteiger partial charge in [-0.1, -0.05) is 83.9 Å². The second kappa shape index (κ2) is 9.39. The number of halogens is 2. The first-order chi connectivity index (χ1) is 15.5. The monoisotopic (exact) mass is 463 g/mol. The van der Waals surface area contributed by atoms with Crippen LogP contribution in [-0.4, -0.2) is 15.7 Å². The van der Waals surface area contributed by atoms with Crippen LogP contribution in [-0.2, 0) is 6.54 Å². The fourth-order valence-corrected chi connectivity index (χ4v) is 3.79. The van der Waals surface area contributed by atoms with E-state index in [1.807, 2.05) is 60.7 Å². The van der Waals surface area contributed by atoms with E-state index in [9.17, 15) is 9.59 Å². The van der Waals surface area contributed by atoms with E-state index < -0.39 is 11.5 Å². The van der Waals surface area contributed by atoms with E-state index in [-0.39, 0.29) is 5.56 Å². The van der Waals surface area contributed by atoms with Crippen molar-refractivity contribution in [2.45, 2.75) is 13.5 Å². The molecule has 0 fully saturated rings. The number of hydrogen-bond donors (Lipinski definition) is 1. The van der Waals surface area contributed by atoms with E-state index in [2.05, 4.69) is 10.4 Å². The molecule has 0 aliphatic carbocycles. The van der Waals surface area contributed by atoms with Crippen LogP contribution in [0, 0.1) is 0 Å². The summed E-state index contributed by atoms with van der Waals surface area (Å²) in [6.07, 6.45) is 0. The Morgan fingerprint density at radius 2 is 1.56 bits per heavy atom. The first-order valence-corrected chi connectivity index (χ1v) is 10.8. The molecule has 7 heteroatoms. The molecular weight excluding hydrogens is 445 g/mol. The maximum Gasteiger partial charge on any atom is 0.280 e. The Morgan fingerprint density at radius 3 is 2.19 bits per heavy atom. The molecule has 1 aromatic heterocycles. The molecule has 5 nitrogen and oxygen atoms in total. The fourth-order valence-electron chi connectivity index (χ4n) is 3.46. The van der Waals surface area contributed by atoms with Gasteiger partial charge in [-0.3, -0.25) is 9.59 Å². The minimum atomic E-state index is -0.584. The Labute approximate surface area is 195 Å². The molecule has 0 saturated heterocycles. The summed E-state index contributed by atoms with van der Waals surface area (Å²) in [6, 6.07) is 23.5. The maximum absolute atomic E-state index is 13.5. The van der Waals surface area contributed by atoms with Gasteiger partial charge in [-0.15, -0.1) is 0 Å². The molecular formula is C25H19Cl2N3O2. The van der Waals surface area contributed by atoms with Crippen LogP contribution in [0.4, 0.5) is 5.69 Å². The summed E-state index contributed by atoms with van der Waals surface area (Å²) in [5, 5.41) is 8.08. The first kappa shape index (κ1) is 21.8. The van der Waals surface area contributed by atoms with Gasteiger partial charge in [0.05, 0.1) is 16.4 Å². The lowest BCUT2D eigenvalue weighted by Gasteiger charge is -2.17. The van der Waals surface area contributed by atoms with E-state index in [0.717, 1.165) is 5.56 Å². The summed E-state index contributed by atoms with van der Waals surface area (Å²) >= 11 is 12.3. The normalized spacial score (nSPS) is 10.7. The Bertz CT molecular complexity index is 1340. The summed E-state index contributed by atoms with van der Waals surface area (Å²) in [6.45, 7) is 2.12. The molecule has 0 bridgehead atoms. The van der Waals surface area contributed by atoms with Crippen LogP contribution in [0.3, 0.4) is 0 Å². The quantitative estimate of drug-likeness (QED) is 0.385. The molecule has 0 aliphatic rings. The number of aryl methyl sites for hydroxylation is 1. The highest BCUT2D eigenvalue weighted by Gasteiger charge is 2.25. The average Bonchev–Trinajstić information content (AvgIpc) is 2.82. The zero-order valence-corrected chi connectivity index (χ0v) is 18.7. The van der Waals surface area contributed by atoms with Crippen molar-refractivity contribution in [3.8, 4) is 22.4 Å². The van der Waals surface area contributed by atoms with Crippen LogP contribution in [0.25, 0.3) is 22.4 Å². The molecule has 160 valence electrons. The third-order valence-electron chi connectivity index (χ3n) is 4.97. The zero-order chi connectivity index (χ0) is 22.7. The standard InChI is InChI=1S/C25H19Cl2N3O2/c1-2-30-25(32)22(24(31)28-20-15-18(26)13-14-19(20)27)21(16-9-5-3-6-10-16)23(29-30)17-11-7-4-8-12-17/h3-15H,2H2,1H3,(H,28,31). The minimum Gasteiger partial charge on any atom is -0.320 e. The third kappa shape index (κ3) is 4.31. The second-order valence-corrected chi connectivity index (χ2v) is 7.87. The molecule has 0 radical (unpaired) electrons. The fraction of sp³-hybridized carbons (Fsp3) is 0.0800. The first-order valence-electron chi connectivity index (χ1n) is 10.0. The van der Waals surface area contributed by atoms with Gasteiger partial charge in [0, 0.05) is 22.7 Å². The van der Waals surface area contributed by atoms with Gasteiger partial charge in [-0.2, -0.15) is 5.10 Å². The summed E-state index contributed by atoms with van der Waals surface area (Å²) < 4.78 is 1.29. The second-order valence-electron chi connectivity index (χ2n) is 7.03. The zero-order valence-electron chi connectivity index (χ0n) is 17.2. The van der Waals surface area contributed by atoms with Crippen molar-refractivity contribution in [2.75, 3.05) is 5.32 Å². The van der Waals surface area contributed by atoms with Gasteiger partial charge in [-0.25, -0.2) is 4.68 Å². The number of benzene rings is 3. The van der Waals surface area contributed by atoms with Gasteiger partial charge >= 0.3 is 0 Å². The molecule has 0 spiro atoms. The van der Waals surface area contributed by atoms with Gasteiger partial charge in [0.15, 0.2) is 0 Å². The van der Waals surface area contributed by atoms with E-state index >= 15 is 0 Å². The lowest BCUT2D eigenvalue weighted by atomic mass is 9.95. The molecule has 1 N–H and O–H groups in total. The van der Waals surface area contributed by atoms with E-state index in [1.54, 1.807) is 25.1 Å². The molecule has 0 unspecified atom stereocenters. The lowest BCUT2D eigenvalue weighted by molar-refractivity contribution is 0.102. The van der Waals surface area contributed by atoms with Crippen LogP contribution in [0.15, 0.2) is 83.7 Å². The number of carbonyl (C=O) groups is 1. The topological polar surface area (TPSA) is 64.0 Å². The predicted molar refractivity (Wildman–Crippen MR) is 129 cm³/mol. The Hall–Kier alpha value is -3.41. The van der Waals surface area contributed by atoms with Crippen LogP contribution in [0.2, 0.25) is 10.0 Å². The van der Waals surface area contributed by atoms with Crippen molar-refractivity contribution < 1.29 is 4.79 Å². The number of carbonyl (C=O) groups excluding carboxylic acids is 1. The van der Waals surface area contributed by atoms with Gasteiger partial charge in [0.1, 0.15) is 5.56 Å². The van der Waals surface area contributed by atoms with Crippen LogP contribution < -0.4 is 10.9 Å². The lowest BCUT2D eigenvalue weighted by Crippen LogP contribution is -2.32. The number of anilines is 1. The highest BCUT2D eigenvalue weighted by atomic mass is 35.5. The van der Waals surface area contributed by atoms with Crippen molar-refractivity contribution in [3.63, 3.8) is 0 Å². The van der Waals surface area contributed by atoms with Crippen molar-refractivity contribution in [3.05, 3.63) is 105 Å². The van der Waals surface area contributed by atoms with Crippen molar-refractivity contribution in [2.24, 2.45) is 0 Å². The van der Waals surface area contributed by atoms with Crippen molar-refractivity contribution >= 4 is 34.8 Å². The average molecular weight is 464 g/mol. The van der Waals surface area contributed by atoms with Gasteiger partial charge < -0.3 is 5.32 Å². The summed E-state index contributed by atoms with van der Waals surface area (Å²) in [5.74, 6) is -0.584. The number of amides is 1. The number of rotatable bonds is 5. The highest BCUT2D eigenvalue weighted by Crippen LogP contribution is 2.33. The van der Waals surface area contributed by atoms with Gasteiger partial charge in [0.2, 0.25) is 0 Å². The smallest absolute Gasteiger partial charge is 0.280 e. The minimum absolute atomic E-state index is 0.0112. The third-order valence-corrected chi connectivity index (χ3v) is 5.53. The largest absolute Gasteiger partial charge is 0.320 e. The van der Waals surface area contributed by atoms with Gasteiger partial charge in [-0.05, 0) is 30.7 Å². The number of nitrogens with zero attached hydrogens (tertiary/aromatic N) is 2. The SMILES string of the molecule is CCn1nc(-c2ccccc2)c(-c2ccccc2)c(C(=O)Nc2cc(Cl)ccc2Cl)c1=O. The maximum atomic E-state index is 13.5. The van der Waals surface area contributed by atoms with Crippen molar-refractivity contribution in [1.82, 2.24) is 9.78 Å². The molecule has 3 aromatic carbocycles. The summed E-state index contributed by atoms with van der Waals surface area (Å²) in [7, 11) is 0. The summed E-state index contributed by atoms with van der Waals surface area (Å²) in [5.41, 5.74) is 2.33. The van der Waals surface area contributed by atoms with Crippen LogP contribution in [0.1, 0.15) is 17.3 Å². The molecule has 4 aromatic rings. The number of nitrogens with one attached hydrogen (secondary N) is 1. The molecule has 0 saturated carbocycles. The van der Waals surface area contributed by atoms with E-state index in [4.69, 9.17) is 23.2 Å². The highest BCUT2D eigenvalue weighted by molar-refractivity contribution is 6.36. The molecule has 0 atom stereocenters. The summed E-state index contributed by atoms with van der Waals surface area (Å²) in [4.78, 5) is 26.8.